The monoisotopic (exact) mass is 280 g/mol. The third-order valence-electron chi connectivity index (χ3n) is 3.42. The second-order valence-corrected chi connectivity index (χ2v) is 4.95. The molecule has 20 heavy (non-hydrogen) atoms. The van der Waals surface area contributed by atoms with Crippen molar-refractivity contribution in [2.75, 3.05) is 13.7 Å². The number of carbonyl (C=O) groups is 2. The van der Waals surface area contributed by atoms with Crippen LogP contribution in [0.2, 0.25) is 0 Å². The van der Waals surface area contributed by atoms with Gasteiger partial charge in [0.15, 0.2) is 5.78 Å². The van der Waals surface area contributed by atoms with E-state index in [1.54, 1.807) is 12.2 Å². The third kappa shape index (κ3) is 7.12. The Labute approximate surface area is 120 Å². The van der Waals surface area contributed by atoms with Gasteiger partial charge in [0, 0.05) is 5.92 Å². The zero-order valence-corrected chi connectivity index (χ0v) is 12.2. The summed E-state index contributed by atoms with van der Waals surface area (Å²) in [5.74, 6) is 0.534. The summed E-state index contributed by atoms with van der Waals surface area (Å²) in [6.07, 6.45) is 14.1. The largest absolute Gasteiger partial charge is 0.508 e. The van der Waals surface area contributed by atoms with E-state index in [4.69, 9.17) is 4.74 Å². The van der Waals surface area contributed by atoms with Crippen LogP contribution in [0.5, 0.6) is 0 Å². The van der Waals surface area contributed by atoms with Gasteiger partial charge >= 0.3 is 6.16 Å². The molecule has 0 aromatic carbocycles. The highest BCUT2D eigenvalue weighted by molar-refractivity contribution is 5.91. The normalized spacial score (nSPS) is 16.6. The summed E-state index contributed by atoms with van der Waals surface area (Å²) in [5.41, 5.74) is 0. The van der Waals surface area contributed by atoms with Gasteiger partial charge in [0.25, 0.3) is 0 Å². The molecule has 0 spiro atoms. The highest BCUT2D eigenvalue weighted by Gasteiger charge is 2.18. The number of carbonyl (C=O) groups excluding carboxylic acids is 2. The minimum absolute atomic E-state index is 0.220. The number of allylic oxidation sites excluding steroid dienone is 3. The lowest BCUT2D eigenvalue weighted by atomic mass is 9.86. The average molecular weight is 280 g/mol. The van der Waals surface area contributed by atoms with Gasteiger partial charge in [0.05, 0.1) is 7.11 Å². The highest BCUT2D eigenvalue weighted by atomic mass is 16.7. The number of hydrogen-bond acceptors (Lipinski definition) is 4. The lowest BCUT2D eigenvalue weighted by Gasteiger charge is -2.18. The SMILES string of the molecule is COC(=O)OC/C=C/CC/C=C/C(=O)C1CCCCC1. The molecule has 0 N–H and O–H groups in total. The maximum absolute atomic E-state index is 11.9. The maximum Gasteiger partial charge on any atom is 0.508 e. The van der Waals surface area contributed by atoms with E-state index in [-0.39, 0.29) is 18.3 Å². The van der Waals surface area contributed by atoms with Crippen LogP contribution in [-0.2, 0) is 14.3 Å². The molecule has 0 radical (unpaired) electrons. The minimum atomic E-state index is -0.673. The molecule has 112 valence electrons. The fourth-order valence-corrected chi connectivity index (χ4v) is 2.28. The lowest BCUT2D eigenvalue weighted by molar-refractivity contribution is -0.119. The van der Waals surface area contributed by atoms with Gasteiger partial charge in [0.1, 0.15) is 6.61 Å². The summed E-state index contributed by atoms with van der Waals surface area (Å²) in [7, 11) is 1.28. The molecule has 0 saturated heterocycles. The number of hydrogen-bond donors (Lipinski definition) is 0. The second kappa shape index (κ2) is 10.2. The molecule has 1 saturated carbocycles. The Morgan fingerprint density at radius 3 is 2.45 bits per heavy atom. The van der Waals surface area contributed by atoms with Crippen LogP contribution in [0.1, 0.15) is 44.9 Å². The predicted octanol–water partition coefficient (Wildman–Crippen LogP) is 3.81. The van der Waals surface area contributed by atoms with Gasteiger partial charge < -0.3 is 9.47 Å². The van der Waals surface area contributed by atoms with Crippen molar-refractivity contribution in [2.24, 2.45) is 5.92 Å². The van der Waals surface area contributed by atoms with Crippen LogP contribution in [0, 0.1) is 5.92 Å². The van der Waals surface area contributed by atoms with E-state index in [0.29, 0.717) is 0 Å². The van der Waals surface area contributed by atoms with Crippen molar-refractivity contribution in [1.29, 1.82) is 0 Å². The molecule has 1 aliphatic carbocycles. The summed E-state index contributed by atoms with van der Waals surface area (Å²) < 4.78 is 9.03. The first kappa shape index (κ1) is 16.5. The quantitative estimate of drug-likeness (QED) is 0.308. The molecule has 0 heterocycles. The molecule has 0 atom stereocenters. The third-order valence-corrected chi connectivity index (χ3v) is 3.42. The van der Waals surface area contributed by atoms with Gasteiger partial charge in [-0.25, -0.2) is 4.79 Å². The van der Waals surface area contributed by atoms with E-state index < -0.39 is 6.16 Å². The van der Waals surface area contributed by atoms with Gasteiger partial charge in [-0.05, 0) is 31.8 Å². The summed E-state index contributed by atoms with van der Waals surface area (Å²) >= 11 is 0. The van der Waals surface area contributed by atoms with E-state index in [0.717, 1.165) is 25.7 Å². The van der Waals surface area contributed by atoms with Gasteiger partial charge in [-0.2, -0.15) is 0 Å². The van der Waals surface area contributed by atoms with E-state index in [1.165, 1.54) is 26.4 Å². The maximum atomic E-state index is 11.9. The van der Waals surface area contributed by atoms with Crippen LogP contribution >= 0.6 is 0 Å². The van der Waals surface area contributed by atoms with E-state index in [1.807, 2.05) is 12.2 Å². The Bertz CT molecular complexity index is 351. The van der Waals surface area contributed by atoms with Crippen LogP contribution in [0.15, 0.2) is 24.3 Å². The molecular formula is C16H24O4. The molecule has 0 aromatic heterocycles. The summed E-state index contributed by atoms with van der Waals surface area (Å²) in [6.45, 7) is 0.220. The molecule has 4 nitrogen and oxygen atoms in total. The van der Waals surface area contributed by atoms with Gasteiger partial charge in [-0.3, -0.25) is 4.79 Å². The molecule has 0 aromatic rings. The van der Waals surface area contributed by atoms with Crippen LogP contribution < -0.4 is 0 Å². The Morgan fingerprint density at radius 2 is 1.75 bits per heavy atom. The van der Waals surface area contributed by atoms with E-state index >= 15 is 0 Å². The van der Waals surface area contributed by atoms with Gasteiger partial charge in [0.2, 0.25) is 0 Å². The zero-order valence-electron chi connectivity index (χ0n) is 12.2. The summed E-state index contributed by atoms with van der Waals surface area (Å²) in [6, 6.07) is 0. The number of unbranched alkanes of at least 4 members (excludes halogenated alkanes) is 1. The molecule has 4 heteroatoms. The highest BCUT2D eigenvalue weighted by Crippen LogP contribution is 2.24. The lowest BCUT2D eigenvalue weighted by Crippen LogP contribution is -2.15. The smallest absolute Gasteiger partial charge is 0.438 e. The molecular weight excluding hydrogens is 256 g/mol. The molecule has 0 amide bonds. The zero-order chi connectivity index (χ0) is 14.6. The molecule has 1 aliphatic rings. The average Bonchev–Trinajstić information content (AvgIpc) is 2.50. The fraction of sp³-hybridized carbons (Fsp3) is 0.625. The van der Waals surface area contributed by atoms with E-state index in [9.17, 15) is 9.59 Å². The van der Waals surface area contributed by atoms with Crippen molar-refractivity contribution in [3.63, 3.8) is 0 Å². The van der Waals surface area contributed by atoms with Crippen LogP contribution in [0.4, 0.5) is 4.79 Å². The van der Waals surface area contributed by atoms with Crippen molar-refractivity contribution in [1.82, 2.24) is 0 Å². The molecule has 0 bridgehead atoms. The first-order chi connectivity index (χ1) is 9.74. The Kier molecular flexibility index (Phi) is 8.43. The Balaban J connectivity index is 2.07. The number of ether oxygens (including phenoxy) is 2. The van der Waals surface area contributed by atoms with Crippen LogP contribution in [0.3, 0.4) is 0 Å². The number of rotatable bonds is 7. The molecule has 1 rings (SSSR count). The molecule has 0 unspecified atom stereocenters. The second-order valence-electron chi connectivity index (χ2n) is 4.95. The Morgan fingerprint density at radius 1 is 1.05 bits per heavy atom. The molecule has 0 aliphatic heterocycles. The summed E-state index contributed by atoms with van der Waals surface area (Å²) in [4.78, 5) is 22.5. The minimum Gasteiger partial charge on any atom is -0.438 e. The summed E-state index contributed by atoms with van der Waals surface area (Å²) in [5, 5.41) is 0. The topological polar surface area (TPSA) is 52.6 Å². The van der Waals surface area contributed by atoms with Crippen molar-refractivity contribution in [2.45, 2.75) is 44.9 Å². The first-order valence-corrected chi connectivity index (χ1v) is 7.30. The fourth-order valence-electron chi connectivity index (χ4n) is 2.28. The van der Waals surface area contributed by atoms with Gasteiger partial charge in [-0.15, -0.1) is 0 Å². The Hall–Kier alpha value is -1.58. The van der Waals surface area contributed by atoms with Crippen molar-refractivity contribution in [3.05, 3.63) is 24.3 Å². The molecule has 1 fully saturated rings. The van der Waals surface area contributed by atoms with Crippen molar-refractivity contribution >= 4 is 11.9 Å². The van der Waals surface area contributed by atoms with E-state index in [2.05, 4.69) is 4.74 Å². The van der Waals surface area contributed by atoms with Crippen LogP contribution in [0.25, 0.3) is 0 Å². The predicted molar refractivity (Wildman–Crippen MR) is 77.5 cm³/mol. The van der Waals surface area contributed by atoms with Crippen molar-refractivity contribution < 1.29 is 19.1 Å². The number of ketones is 1. The van der Waals surface area contributed by atoms with Crippen molar-refractivity contribution in [3.8, 4) is 0 Å². The van der Waals surface area contributed by atoms with Crippen LogP contribution in [-0.4, -0.2) is 25.7 Å². The standard InChI is InChI=1S/C16H24O4/c1-19-16(18)20-13-9-4-2-3-8-12-15(17)14-10-6-5-7-11-14/h4,8-9,12,14H,2-3,5-7,10-11,13H2,1H3/b9-4+,12-8+. The number of methoxy groups -OCH3 is 1. The first-order valence-electron chi connectivity index (χ1n) is 7.30. The van der Waals surface area contributed by atoms with Gasteiger partial charge in [-0.1, -0.05) is 37.5 Å².